The van der Waals surface area contributed by atoms with Gasteiger partial charge in [0.15, 0.2) is 0 Å². The Morgan fingerprint density at radius 2 is 2.00 bits per heavy atom. The Morgan fingerprint density at radius 3 is 2.67 bits per heavy atom. The molecule has 0 spiro atoms. The van der Waals surface area contributed by atoms with Crippen LogP contribution in [0.4, 0.5) is 0 Å². The number of rotatable bonds is 5. The highest BCUT2D eigenvalue weighted by molar-refractivity contribution is 5.94. The SMILES string of the molecule is COc1cccc([C@H](NC(=O)c2ccncc2)c2nccn2C)c1. The molecule has 1 amide bonds. The summed E-state index contributed by atoms with van der Waals surface area (Å²) in [5.74, 6) is 1.28. The van der Waals surface area contributed by atoms with Gasteiger partial charge in [0.25, 0.3) is 5.91 Å². The quantitative estimate of drug-likeness (QED) is 0.783. The van der Waals surface area contributed by atoms with Crippen molar-refractivity contribution in [3.8, 4) is 5.75 Å². The minimum absolute atomic E-state index is 0.187. The number of ether oxygens (including phenoxy) is 1. The van der Waals surface area contributed by atoms with E-state index in [0.29, 0.717) is 5.56 Å². The van der Waals surface area contributed by atoms with Crippen molar-refractivity contribution in [1.29, 1.82) is 0 Å². The number of carbonyl (C=O) groups is 1. The van der Waals surface area contributed by atoms with Crippen LogP contribution in [-0.4, -0.2) is 27.6 Å². The van der Waals surface area contributed by atoms with Gasteiger partial charge < -0.3 is 14.6 Å². The predicted molar refractivity (Wildman–Crippen MR) is 89.7 cm³/mol. The van der Waals surface area contributed by atoms with Crippen LogP contribution in [0.15, 0.2) is 61.2 Å². The highest BCUT2D eigenvalue weighted by Crippen LogP contribution is 2.24. The summed E-state index contributed by atoms with van der Waals surface area (Å²) in [7, 11) is 3.51. The Kier molecular flexibility index (Phi) is 4.56. The molecule has 1 atom stereocenters. The number of nitrogens with zero attached hydrogens (tertiary/aromatic N) is 3. The summed E-state index contributed by atoms with van der Waals surface area (Å²) in [6.07, 6.45) is 6.74. The van der Waals surface area contributed by atoms with Crippen molar-refractivity contribution < 1.29 is 9.53 Å². The third kappa shape index (κ3) is 3.27. The zero-order valence-electron chi connectivity index (χ0n) is 13.5. The standard InChI is InChI=1S/C18H18N4O2/c1-22-11-10-20-17(22)16(14-4-3-5-15(12-14)24-2)21-18(23)13-6-8-19-9-7-13/h3-12,16H,1-2H3,(H,21,23)/t16-/m0/s1. The van der Waals surface area contributed by atoms with E-state index < -0.39 is 0 Å². The highest BCUT2D eigenvalue weighted by Gasteiger charge is 2.21. The molecule has 1 N–H and O–H groups in total. The van der Waals surface area contributed by atoms with Crippen molar-refractivity contribution in [2.45, 2.75) is 6.04 Å². The molecule has 0 radical (unpaired) electrons. The number of pyridine rings is 1. The van der Waals surface area contributed by atoms with Gasteiger partial charge in [0.1, 0.15) is 17.6 Å². The Morgan fingerprint density at radius 1 is 1.21 bits per heavy atom. The van der Waals surface area contributed by atoms with Crippen LogP contribution in [0.3, 0.4) is 0 Å². The summed E-state index contributed by atoms with van der Waals surface area (Å²) < 4.78 is 7.18. The third-order valence-electron chi connectivity index (χ3n) is 3.76. The summed E-state index contributed by atoms with van der Waals surface area (Å²) in [6, 6.07) is 10.6. The molecule has 3 aromatic rings. The van der Waals surface area contributed by atoms with E-state index in [-0.39, 0.29) is 11.9 Å². The molecule has 0 aliphatic rings. The van der Waals surface area contributed by atoms with E-state index >= 15 is 0 Å². The molecule has 0 saturated heterocycles. The van der Waals surface area contributed by atoms with E-state index in [2.05, 4.69) is 15.3 Å². The van der Waals surface area contributed by atoms with Crippen LogP contribution in [0.5, 0.6) is 5.75 Å². The average Bonchev–Trinajstić information content (AvgIpc) is 3.06. The van der Waals surface area contributed by atoms with Gasteiger partial charge in [-0.2, -0.15) is 0 Å². The normalized spacial score (nSPS) is 11.8. The van der Waals surface area contributed by atoms with Crippen LogP contribution in [-0.2, 0) is 7.05 Å². The lowest BCUT2D eigenvalue weighted by molar-refractivity contribution is 0.0941. The summed E-state index contributed by atoms with van der Waals surface area (Å²) in [5, 5.41) is 3.04. The first-order valence-corrected chi connectivity index (χ1v) is 7.51. The Hall–Kier alpha value is -3.15. The smallest absolute Gasteiger partial charge is 0.252 e. The van der Waals surface area contributed by atoms with Crippen LogP contribution in [0.25, 0.3) is 0 Å². The molecule has 0 unspecified atom stereocenters. The highest BCUT2D eigenvalue weighted by atomic mass is 16.5. The minimum atomic E-state index is -0.388. The molecular weight excluding hydrogens is 304 g/mol. The second-order valence-electron chi connectivity index (χ2n) is 5.32. The van der Waals surface area contributed by atoms with Crippen molar-refractivity contribution in [3.05, 3.63) is 78.1 Å². The maximum Gasteiger partial charge on any atom is 0.252 e. The molecule has 0 bridgehead atoms. The fraction of sp³-hybridized carbons (Fsp3) is 0.167. The van der Waals surface area contributed by atoms with Crippen molar-refractivity contribution in [2.75, 3.05) is 7.11 Å². The molecule has 2 heterocycles. The molecule has 1 aromatic carbocycles. The van der Waals surface area contributed by atoms with Gasteiger partial charge in [-0.05, 0) is 29.8 Å². The molecule has 0 saturated carbocycles. The Labute approximate surface area is 140 Å². The Bertz CT molecular complexity index is 830. The minimum Gasteiger partial charge on any atom is -0.497 e. The molecule has 3 rings (SSSR count). The Balaban J connectivity index is 1.96. The van der Waals surface area contributed by atoms with Crippen LogP contribution in [0.2, 0.25) is 0 Å². The number of hydrogen-bond acceptors (Lipinski definition) is 4. The molecule has 0 aliphatic heterocycles. The first kappa shape index (κ1) is 15.7. The number of methoxy groups -OCH3 is 1. The van der Waals surface area contributed by atoms with Crippen LogP contribution in [0.1, 0.15) is 27.8 Å². The average molecular weight is 322 g/mol. The van der Waals surface area contributed by atoms with E-state index in [9.17, 15) is 4.79 Å². The monoisotopic (exact) mass is 322 g/mol. The number of aryl methyl sites for hydroxylation is 1. The maximum atomic E-state index is 12.6. The first-order chi connectivity index (χ1) is 11.7. The van der Waals surface area contributed by atoms with Crippen molar-refractivity contribution in [1.82, 2.24) is 19.9 Å². The molecule has 6 heteroatoms. The fourth-order valence-corrected chi connectivity index (χ4v) is 2.49. The lowest BCUT2D eigenvalue weighted by Crippen LogP contribution is -2.31. The fourth-order valence-electron chi connectivity index (χ4n) is 2.49. The molecule has 6 nitrogen and oxygen atoms in total. The second kappa shape index (κ2) is 6.95. The van der Waals surface area contributed by atoms with E-state index in [0.717, 1.165) is 17.1 Å². The van der Waals surface area contributed by atoms with Gasteiger partial charge >= 0.3 is 0 Å². The zero-order chi connectivity index (χ0) is 16.9. The number of amides is 1. The lowest BCUT2D eigenvalue weighted by Gasteiger charge is -2.19. The van der Waals surface area contributed by atoms with Gasteiger partial charge in [0, 0.05) is 37.4 Å². The summed E-state index contributed by atoms with van der Waals surface area (Å²) in [6.45, 7) is 0. The summed E-state index contributed by atoms with van der Waals surface area (Å²) in [4.78, 5) is 20.9. The molecule has 0 fully saturated rings. The lowest BCUT2D eigenvalue weighted by atomic mass is 10.0. The molecule has 122 valence electrons. The van der Waals surface area contributed by atoms with Gasteiger partial charge in [0.05, 0.1) is 7.11 Å². The van der Waals surface area contributed by atoms with Crippen molar-refractivity contribution in [3.63, 3.8) is 0 Å². The summed E-state index contributed by atoms with van der Waals surface area (Å²) >= 11 is 0. The van der Waals surface area contributed by atoms with Gasteiger partial charge in [-0.3, -0.25) is 9.78 Å². The predicted octanol–water partition coefficient (Wildman–Crippen LogP) is 2.34. The van der Waals surface area contributed by atoms with E-state index in [1.165, 1.54) is 0 Å². The number of imidazole rings is 1. The van der Waals surface area contributed by atoms with Crippen molar-refractivity contribution >= 4 is 5.91 Å². The molecule has 0 aliphatic carbocycles. The zero-order valence-corrected chi connectivity index (χ0v) is 13.5. The van der Waals surface area contributed by atoms with Gasteiger partial charge in [-0.1, -0.05) is 12.1 Å². The van der Waals surface area contributed by atoms with E-state index in [4.69, 9.17) is 4.74 Å². The number of benzene rings is 1. The molecular formula is C18H18N4O2. The third-order valence-corrected chi connectivity index (χ3v) is 3.76. The topological polar surface area (TPSA) is 69.0 Å². The molecule has 2 aromatic heterocycles. The van der Waals surface area contributed by atoms with Crippen LogP contribution in [0, 0.1) is 0 Å². The summed E-state index contributed by atoms with van der Waals surface area (Å²) in [5.41, 5.74) is 1.44. The largest absolute Gasteiger partial charge is 0.497 e. The van der Waals surface area contributed by atoms with E-state index in [1.54, 1.807) is 37.8 Å². The maximum absolute atomic E-state index is 12.6. The van der Waals surface area contributed by atoms with Gasteiger partial charge in [-0.15, -0.1) is 0 Å². The second-order valence-corrected chi connectivity index (χ2v) is 5.32. The number of carbonyl (C=O) groups excluding carboxylic acids is 1. The van der Waals surface area contributed by atoms with Crippen LogP contribution < -0.4 is 10.1 Å². The van der Waals surface area contributed by atoms with E-state index in [1.807, 2.05) is 42.1 Å². The number of aromatic nitrogens is 3. The van der Waals surface area contributed by atoms with Crippen LogP contribution >= 0.6 is 0 Å². The number of nitrogens with one attached hydrogen (secondary N) is 1. The first-order valence-electron chi connectivity index (χ1n) is 7.51. The molecule has 24 heavy (non-hydrogen) atoms. The van der Waals surface area contributed by atoms with Crippen molar-refractivity contribution in [2.24, 2.45) is 7.05 Å². The van der Waals surface area contributed by atoms with Gasteiger partial charge in [0.2, 0.25) is 0 Å². The van der Waals surface area contributed by atoms with Gasteiger partial charge in [-0.25, -0.2) is 4.98 Å². The number of hydrogen-bond donors (Lipinski definition) is 1.